The molecular weight excluding hydrogens is 331 g/mol. The topological polar surface area (TPSA) is 44.9 Å². The van der Waals surface area contributed by atoms with Crippen LogP contribution in [0.5, 0.6) is 0 Å². The average molecular weight is 347 g/mol. The summed E-state index contributed by atoms with van der Waals surface area (Å²) >= 11 is 12.0. The molecule has 0 aliphatic carbocycles. The number of carbonyl (C=O) groups is 1. The van der Waals surface area contributed by atoms with Gasteiger partial charge in [0.2, 0.25) is 5.91 Å². The van der Waals surface area contributed by atoms with Gasteiger partial charge in [0.25, 0.3) is 0 Å². The number of aromatic amines is 1. The highest BCUT2D eigenvalue weighted by Gasteiger charge is 2.13. The number of nitrogens with one attached hydrogen (secondary N) is 2. The molecule has 3 rings (SSSR count). The van der Waals surface area contributed by atoms with E-state index in [2.05, 4.69) is 10.3 Å². The monoisotopic (exact) mass is 346 g/mol. The molecule has 2 N–H and O–H groups in total. The maximum Gasteiger partial charge on any atom is 0.228 e. The van der Waals surface area contributed by atoms with Crippen molar-refractivity contribution in [1.29, 1.82) is 0 Å². The smallest absolute Gasteiger partial charge is 0.228 e. The van der Waals surface area contributed by atoms with E-state index < -0.39 is 0 Å². The SMILES string of the molecule is Cc1cc(Cl)ccc1NC(=O)Cc1c(C)[nH]c2ccc(Cl)cc12. The summed E-state index contributed by atoms with van der Waals surface area (Å²) < 4.78 is 0. The van der Waals surface area contributed by atoms with Gasteiger partial charge >= 0.3 is 0 Å². The van der Waals surface area contributed by atoms with Crippen molar-refractivity contribution in [2.75, 3.05) is 5.32 Å². The zero-order valence-electron chi connectivity index (χ0n) is 12.8. The van der Waals surface area contributed by atoms with Gasteiger partial charge in [0.1, 0.15) is 0 Å². The van der Waals surface area contributed by atoms with E-state index in [9.17, 15) is 4.79 Å². The highest BCUT2D eigenvalue weighted by atomic mass is 35.5. The molecular formula is C18H16Cl2N2O. The van der Waals surface area contributed by atoms with Crippen molar-refractivity contribution < 1.29 is 4.79 Å². The zero-order chi connectivity index (χ0) is 16.6. The minimum Gasteiger partial charge on any atom is -0.358 e. The number of H-pyrrole nitrogens is 1. The van der Waals surface area contributed by atoms with E-state index in [0.717, 1.165) is 33.4 Å². The number of amides is 1. The Morgan fingerprint density at radius 1 is 1.09 bits per heavy atom. The Bertz CT molecular complexity index is 899. The van der Waals surface area contributed by atoms with Gasteiger partial charge in [-0.25, -0.2) is 0 Å². The van der Waals surface area contributed by atoms with Crippen LogP contribution in [0.25, 0.3) is 10.9 Å². The fraction of sp³-hybridized carbons (Fsp3) is 0.167. The largest absolute Gasteiger partial charge is 0.358 e. The number of benzene rings is 2. The third-order valence-corrected chi connectivity index (χ3v) is 4.35. The first kappa shape index (κ1) is 15.9. The van der Waals surface area contributed by atoms with Gasteiger partial charge in [-0.05, 0) is 61.4 Å². The summed E-state index contributed by atoms with van der Waals surface area (Å²) in [7, 11) is 0. The third-order valence-electron chi connectivity index (χ3n) is 3.88. The molecule has 0 aliphatic heterocycles. The molecule has 0 fully saturated rings. The zero-order valence-corrected chi connectivity index (χ0v) is 14.3. The number of carbonyl (C=O) groups excluding carboxylic acids is 1. The Labute approximate surface area is 144 Å². The summed E-state index contributed by atoms with van der Waals surface area (Å²) in [5.41, 5.74) is 4.63. The lowest BCUT2D eigenvalue weighted by molar-refractivity contribution is -0.115. The van der Waals surface area contributed by atoms with Crippen molar-refractivity contribution >= 4 is 45.7 Å². The Morgan fingerprint density at radius 2 is 1.78 bits per heavy atom. The van der Waals surface area contributed by atoms with E-state index in [1.54, 1.807) is 6.07 Å². The lowest BCUT2D eigenvalue weighted by Crippen LogP contribution is -2.15. The number of rotatable bonds is 3. The first-order valence-corrected chi connectivity index (χ1v) is 8.02. The molecule has 1 amide bonds. The molecule has 0 unspecified atom stereocenters. The highest BCUT2D eigenvalue weighted by Crippen LogP contribution is 2.26. The fourth-order valence-corrected chi connectivity index (χ4v) is 3.10. The van der Waals surface area contributed by atoms with Crippen molar-refractivity contribution in [2.24, 2.45) is 0 Å². The van der Waals surface area contributed by atoms with Crippen LogP contribution >= 0.6 is 23.2 Å². The Kier molecular flexibility index (Phi) is 4.33. The number of fused-ring (bicyclic) bond motifs is 1. The summed E-state index contributed by atoms with van der Waals surface area (Å²) in [5.74, 6) is -0.0700. The molecule has 2 aromatic carbocycles. The molecule has 0 saturated heterocycles. The predicted molar refractivity (Wildman–Crippen MR) is 96.6 cm³/mol. The van der Waals surface area contributed by atoms with E-state index in [-0.39, 0.29) is 12.3 Å². The van der Waals surface area contributed by atoms with Crippen LogP contribution in [0, 0.1) is 13.8 Å². The van der Waals surface area contributed by atoms with Gasteiger partial charge in [-0.3, -0.25) is 4.79 Å². The van der Waals surface area contributed by atoms with Crippen LogP contribution in [0.4, 0.5) is 5.69 Å². The second-order valence-corrected chi connectivity index (χ2v) is 6.48. The summed E-state index contributed by atoms with van der Waals surface area (Å²) in [6.45, 7) is 3.88. The van der Waals surface area contributed by atoms with E-state index in [0.29, 0.717) is 10.0 Å². The van der Waals surface area contributed by atoms with Crippen LogP contribution < -0.4 is 5.32 Å². The minimum atomic E-state index is -0.0700. The van der Waals surface area contributed by atoms with Crippen LogP contribution in [-0.2, 0) is 11.2 Å². The van der Waals surface area contributed by atoms with Crippen molar-refractivity contribution in [3.8, 4) is 0 Å². The fourth-order valence-electron chi connectivity index (χ4n) is 2.70. The Hall–Kier alpha value is -1.97. The average Bonchev–Trinajstić information content (AvgIpc) is 2.78. The van der Waals surface area contributed by atoms with Gasteiger partial charge in [-0.15, -0.1) is 0 Å². The van der Waals surface area contributed by atoms with Crippen molar-refractivity contribution in [1.82, 2.24) is 4.98 Å². The van der Waals surface area contributed by atoms with E-state index in [4.69, 9.17) is 23.2 Å². The van der Waals surface area contributed by atoms with Crippen molar-refractivity contribution in [3.63, 3.8) is 0 Å². The van der Waals surface area contributed by atoms with Crippen molar-refractivity contribution in [3.05, 3.63) is 63.3 Å². The first-order chi connectivity index (χ1) is 10.9. The standard InChI is InChI=1S/C18H16Cl2N2O/c1-10-7-12(19)3-5-16(10)22-18(23)9-14-11(2)21-17-6-4-13(20)8-15(14)17/h3-8,21H,9H2,1-2H3,(H,22,23). The van der Waals surface area contributed by atoms with E-state index in [1.165, 1.54) is 0 Å². The van der Waals surface area contributed by atoms with Crippen molar-refractivity contribution in [2.45, 2.75) is 20.3 Å². The van der Waals surface area contributed by atoms with Crippen LogP contribution in [0.3, 0.4) is 0 Å². The maximum atomic E-state index is 12.4. The van der Waals surface area contributed by atoms with Crippen LogP contribution in [0.15, 0.2) is 36.4 Å². The molecule has 3 nitrogen and oxygen atoms in total. The van der Waals surface area contributed by atoms with Gasteiger partial charge in [-0.2, -0.15) is 0 Å². The molecule has 0 aliphatic rings. The number of halogens is 2. The Balaban J connectivity index is 1.85. The van der Waals surface area contributed by atoms with Crippen LogP contribution in [0.2, 0.25) is 10.0 Å². The first-order valence-electron chi connectivity index (χ1n) is 7.27. The molecule has 0 atom stereocenters. The predicted octanol–water partition coefficient (Wildman–Crippen LogP) is 5.27. The number of anilines is 1. The minimum absolute atomic E-state index is 0.0700. The summed E-state index contributed by atoms with van der Waals surface area (Å²) in [5, 5.41) is 5.24. The molecule has 1 aromatic heterocycles. The number of aromatic nitrogens is 1. The maximum absolute atomic E-state index is 12.4. The lowest BCUT2D eigenvalue weighted by Gasteiger charge is -2.09. The molecule has 1 heterocycles. The summed E-state index contributed by atoms with van der Waals surface area (Å²) in [4.78, 5) is 15.7. The second kappa shape index (κ2) is 6.26. The highest BCUT2D eigenvalue weighted by molar-refractivity contribution is 6.31. The normalized spacial score (nSPS) is 11.0. The van der Waals surface area contributed by atoms with Gasteiger partial charge in [-0.1, -0.05) is 23.2 Å². The van der Waals surface area contributed by atoms with E-state index in [1.807, 2.05) is 44.2 Å². The van der Waals surface area contributed by atoms with Crippen LogP contribution in [0.1, 0.15) is 16.8 Å². The van der Waals surface area contributed by atoms with Gasteiger partial charge in [0, 0.05) is 32.3 Å². The summed E-state index contributed by atoms with van der Waals surface area (Å²) in [6, 6.07) is 11.1. The molecule has 0 bridgehead atoms. The Morgan fingerprint density at radius 3 is 2.52 bits per heavy atom. The number of hydrogen-bond donors (Lipinski definition) is 2. The molecule has 3 aromatic rings. The molecule has 0 saturated carbocycles. The third kappa shape index (κ3) is 3.36. The molecule has 0 radical (unpaired) electrons. The van der Waals surface area contributed by atoms with E-state index >= 15 is 0 Å². The lowest BCUT2D eigenvalue weighted by atomic mass is 10.1. The number of hydrogen-bond acceptors (Lipinski definition) is 1. The van der Waals surface area contributed by atoms with Gasteiger partial charge < -0.3 is 10.3 Å². The molecule has 0 spiro atoms. The quantitative estimate of drug-likeness (QED) is 0.666. The molecule has 5 heteroatoms. The second-order valence-electron chi connectivity index (χ2n) is 5.60. The van der Waals surface area contributed by atoms with Gasteiger partial charge in [0.15, 0.2) is 0 Å². The van der Waals surface area contributed by atoms with Crippen LogP contribution in [-0.4, -0.2) is 10.9 Å². The van der Waals surface area contributed by atoms with Gasteiger partial charge in [0.05, 0.1) is 6.42 Å². The molecule has 23 heavy (non-hydrogen) atoms. The molecule has 118 valence electrons. The summed E-state index contributed by atoms with van der Waals surface area (Å²) in [6.07, 6.45) is 0.286. The number of aryl methyl sites for hydroxylation is 2.